The van der Waals surface area contributed by atoms with E-state index in [0.29, 0.717) is 65.4 Å². The Bertz CT molecular complexity index is 1430. The number of carbonyl (C=O) groups excluding carboxylic acids is 1. The number of anilines is 1. The van der Waals surface area contributed by atoms with E-state index >= 15 is 0 Å². The third kappa shape index (κ3) is 5.00. The van der Waals surface area contributed by atoms with Gasteiger partial charge in [-0.25, -0.2) is 14.2 Å². The van der Waals surface area contributed by atoms with Gasteiger partial charge in [-0.2, -0.15) is 9.61 Å². The van der Waals surface area contributed by atoms with E-state index in [4.69, 9.17) is 4.74 Å². The number of nitrogens with one attached hydrogen (secondary N) is 1. The maximum atomic E-state index is 14.2. The Morgan fingerprint density at radius 1 is 1.11 bits per heavy atom. The number of halogens is 1. The molecule has 0 aliphatic carbocycles. The van der Waals surface area contributed by atoms with Crippen molar-refractivity contribution in [2.75, 3.05) is 38.6 Å². The summed E-state index contributed by atoms with van der Waals surface area (Å²) in [6.07, 6.45) is 0. The van der Waals surface area contributed by atoms with Gasteiger partial charge < -0.3 is 15.0 Å². The van der Waals surface area contributed by atoms with Crippen LogP contribution in [0, 0.1) is 5.82 Å². The summed E-state index contributed by atoms with van der Waals surface area (Å²) in [5, 5.41) is 7.55. The van der Waals surface area contributed by atoms with Gasteiger partial charge in [-0.15, -0.1) is 0 Å². The summed E-state index contributed by atoms with van der Waals surface area (Å²) in [6.45, 7) is 2.87. The van der Waals surface area contributed by atoms with Gasteiger partial charge in [0.2, 0.25) is 4.96 Å². The third-order valence-electron chi connectivity index (χ3n) is 5.77. The molecule has 1 saturated heterocycles. The molecule has 0 bridgehead atoms. The lowest BCUT2D eigenvalue weighted by molar-refractivity contribution is 0.142. The largest absolute Gasteiger partial charge is 0.497 e. The van der Waals surface area contributed by atoms with Gasteiger partial charge in [-0.3, -0.25) is 9.69 Å². The maximum absolute atomic E-state index is 14.2. The van der Waals surface area contributed by atoms with Gasteiger partial charge in [0.25, 0.3) is 5.56 Å². The highest BCUT2D eigenvalue weighted by Gasteiger charge is 2.22. The van der Waals surface area contributed by atoms with Crippen molar-refractivity contribution >= 4 is 28.0 Å². The van der Waals surface area contributed by atoms with Gasteiger partial charge in [0.15, 0.2) is 5.01 Å². The summed E-state index contributed by atoms with van der Waals surface area (Å²) in [5.74, 6) is 0.281. The lowest BCUT2D eigenvalue weighted by Gasteiger charge is -2.34. The Labute approximate surface area is 204 Å². The quantitative estimate of drug-likeness (QED) is 0.458. The molecular formula is C24H23FN6O3S. The second-order valence-electron chi connectivity index (χ2n) is 8.09. The highest BCUT2D eigenvalue weighted by molar-refractivity contribution is 7.19. The van der Waals surface area contributed by atoms with Crippen molar-refractivity contribution in [1.82, 2.24) is 24.4 Å². The van der Waals surface area contributed by atoms with E-state index in [-0.39, 0.29) is 11.6 Å². The summed E-state index contributed by atoms with van der Waals surface area (Å²) in [4.78, 5) is 34.2. The van der Waals surface area contributed by atoms with Crippen molar-refractivity contribution in [2.24, 2.45) is 0 Å². The first-order valence-electron chi connectivity index (χ1n) is 11.1. The molecule has 1 aliphatic heterocycles. The van der Waals surface area contributed by atoms with E-state index in [2.05, 4.69) is 20.3 Å². The van der Waals surface area contributed by atoms with Crippen LogP contribution in [-0.4, -0.2) is 63.7 Å². The molecular weight excluding hydrogens is 471 g/mol. The molecule has 1 fully saturated rings. The number of piperazine rings is 1. The van der Waals surface area contributed by atoms with Crippen LogP contribution in [0.1, 0.15) is 5.69 Å². The van der Waals surface area contributed by atoms with Crippen molar-refractivity contribution in [2.45, 2.75) is 6.54 Å². The zero-order chi connectivity index (χ0) is 24.4. The summed E-state index contributed by atoms with van der Waals surface area (Å²) in [7, 11) is 1.58. The zero-order valence-corrected chi connectivity index (χ0v) is 19.8. The Hall–Kier alpha value is -3.83. The molecule has 11 heteroatoms. The molecule has 3 heterocycles. The van der Waals surface area contributed by atoms with Crippen molar-refractivity contribution in [1.29, 1.82) is 0 Å². The molecule has 1 aliphatic rings. The van der Waals surface area contributed by atoms with Crippen LogP contribution >= 0.6 is 11.3 Å². The third-order valence-corrected chi connectivity index (χ3v) is 6.71. The average Bonchev–Trinajstić information content (AvgIpc) is 3.29. The SMILES string of the molecule is COc1cccc(NC(=O)N2CCN(Cc3cc(=O)n4nc(-c5ccccc5F)sc4n3)CC2)c1. The smallest absolute Gasteiger partial charge is 0.321 e. The number of nitrogens with zero attached hydrogens (tertiary/aromatic N) is 5. The molecule has 5 rings (SSSR count). The second-order valence-corrected chi connectivity index (χ2v) is 9.05. The number of hydrogen-bond donors (Lipinski definition) is 1. The van der Waals surface area contributed by atoms with Crippen molar-refractivity contribution in [3.05, 3.63) is 76.5 Å². The van der Waals surface area contributed by atoms with Crippen LogP contribution in [0.15, 0.2) is 59.4 Å². The molecule has 2 aromatic heterocycles. The lowest BCUT2D eigenvalue weighted by atomic mass is 10.2. The summed E-state index contributed by atoms with van der Waals surface area (Å²) >= 11 is 1.17. The molecule has 0 atom stereocenters. The number of urea groups is 1. The fourth-order valence-electron chi connectivity index (χ4n) is 3.92. The summed E-state index contributed by atoms with van der Waals surface area (Å²) in [6, 6.07) is 14.8. The van der Waals surface area contributed by atoms with Crippen LogP contribution in [0.3, 0.4) is 0 Å². The minimum atomic E-state index is -0.395. The van der Waals surface area contributed by atoms with Crippen LogP contribution in [0.2, 0.25) is 0 Å². The van der Waals surface area contributed by atoms with Crippen LogP contribution < -0.4 is 15.6 Å². The summed E-state index contributed by atoms with van der Waals surface area (Å²) < 4.78 is 20.6. The normalized spacial score (nSPS) is 14.3. The van der Waals surface area contributed by atoms with E-state index in [1.807, 2.05) is 18.2 Å². The topological polar surface area (TPSA) is 92.1 Å². The summed E-state index contributed by atoms with van der Waals surface area (Å²) in [5.41, 5.74) is 1.33. The Kier molecular flexibility index (Phi) is 6.43. The lowest BCUT2D eigenvalue weighted by Crippen LogP contribution is -2.49. The molecule has 2 amide bonds. The van der Waals surface area contributed by atoms with Gasteiger partial charge in [-0.05, 0) is 24.3 Å². The van der Waals surface area contributed by atoms with Gasteiger partial charge >= 0.3 is 6.03 Å². The number of aromatic nitrogens is 3. The molecule has 180 valence electrons. The molecule has 2 aromatic carbocycles. The highest BCUT2D eigenvalue weighted by atomic mass is 32.1. The van der Waals surface area contributed by atoms with E-state index in [0.717, 1.165) is 0 Å². The first-order chi connectivity index (χ1) is 17.0. The van der Waals surface area contributed by atoms with Crippen molar-refractivity contribution < 1.29 is 13.9 Å². The Morgan fingerprint density at radius 3 is 2.69 bits per heavy atom. The standard InChI is InChI=1S/C24H23FN6O3S/c1-34-18-6-4-5-16(13-18)26-23(33)30-11-9-29(10-12-30)15-17-14-21(32)31-24(27-17)35-22(28-31)19-7-2-3-8-20(19)25/h2-8,13-14H,9-12,15H2,1H3,(H,26,33). The van der Waals surface area contributed by atoms with Crippen LogP contribution in [0.25, 0.3) is 15.5 Å². The number of amides is 2. The number of benzene rings is 2. The predicted octanol–water partition coefficient (Wildman–Crippen LogP) is 3.32. The highest BCUT2D eigenvalue weighted by Crippen LogP contribution is 2.26. The zero-order valence-electron chi connectivity index (χ0n) is 19.0. The number of hydrogen-bond acceptors (Lipinski definition) is 7. The number of ether oxygens (including phenoxy) is 1. The number of fused-ring (bicyclic) bond motifs is 1. The average molecular weight is 495 g/mol. The second kappa shape index (κ2) is 9.80. The maximum Gasteiger partial charge on any atom is 0.321 e. The number of carbonyl (C=O) groups is 1. The molecule has 0 unspecified atom stereocenters. The molecule has 0 radical (unpaired) electrons. The Morgan fingerprint density at radius 2 is 1.91 bits per heavy atom. The van der Waals surface area contributed by atoms with E-state index in [9.17, 15) is 14.0 Å². The molecule has 0 spiro atoms. The van der Waals surface area contributed by atoms with E-state index in [1.54, 1.807) is 36.3 Å². The van der Waals surface area contributed by atoms with Gasteiger partial charge in [0.05, 0.1) is 12.8 Å². The molecule has 1 N–H and O–H groups in total. The van der Waals surface area contributed by atoms with Crippen LogP contribution in [0.4, 0.5) is 14.9 Å². The van der Waals surface area contributed by atoms with Gasteiger partial charge in [0.1, 0.15) is 11.6 Å². The van der Waals surface area contributed by atoms with E-state index in [1.165, 1.54) is 28.0 Å². The van der Waals surface area contributed by atoms with Gasteiger partial charge in [0, 0.05) is 56.1 Å². The minimum absolute atomic E-state index is 0.166. The molecule has 4 aromatic rings. The monoisotopic (exact) mass is 494 g/mol. The van der Waals surface area contributed by atoms with E-state index < -0.39 is 5.82 Å². The minimum Gasteiger partial charge on any atom is -0.497 e. The number of methoxy groups -OCH3 is 1. The fourth-order valence-corrected chi connectivity index (χ4v) is 4.87. The van der Waals surface area contributed by atoms with Crippen LogP contribution in [0.5, 0.6) is 5.75 Å². The fraction of sp³-hybridized carbons (Fsp3) is 0.250. The first-order valence-corrected chi connectivity index (χ1v) is 11.9. The molecule has 35 heavy (non-hydrogen) atoms. The van der Waals surface area contributed by atoms with Crippen molar-refractivity contribution in [3.63, 3.8) is 0 Å². The first kappa shape index (κ1) is 22.9. The van der Waals surface area contributed by atoms with Crippen molar-refractivity contribution in [3.8, 4) is 16.3 Å². The predicted molar refractivity (Wildman–Crippen MR) is 131 cm³/mol. The molecule has 9 nitrogen and oxygen atoms in total. The number of rotatable bonds is 5. The molecule has 0 saturated carbocycles. The Balaban J connectivity index is 1.23. The van der Waals surface area contributed by atoms with Crippen LogP contribution in [-0.2, 0) is 6.54 Å². The van der Waals surface area contributed by atoms with Gasteiger partial charge in [-0.1, -0.05) is 29.5 Å².